The van der Waals surface area contributed by atoms with Crippen molar-refractivity contribution in [2.75, 3.05) is 19.6 Å². The molecule has 0 radical (unpaired) electrons. The van der Waals surface area contributed by atoms with Crippen LogP contribution in [0, 0.1) is 22.7 Å². The average Bonchev–Trinajstić information content (AvgIpc) is 2.22. The van der Waals surface area contributed by atoms with Gasteiger partial charge in [0.25, 0.3) is 0 Å². The second-order valence-electron chi connectivity index (χ2n) is 5.39. The van der Waals surface area contributed by atoms with Gasteiger partial charge in [0.15, 0.2) is 0 Å². The largest absolute Gasteiger partial charge is 0.341 e. The van der Waals surface area contributed by atoms with E-state index in [1.54, 1.807) is 0 Å². The molecule has 1 saturated carbocycles. The van der Waals surface area contributed by atoms with E-state index in [9.17, 15) is 4.79 Å². The molecule has 2 N–H and O–H groups in total. The standard InChI is InChI=1S/C13H23N3O/c1-11(2)9-16(8-4-7-14)12(17)13(10-15)5-3-6-13/h11H,3-6,8-10,15H2,1-2H3. The lowest BCUT2D eigenvalue weighted by Gasteiger charge is -2.43. The lowest BCUT2D eigenvalue weighted by atomic mass is 9.67. The average molecular weight is 237 g/mol. The smallest absolute Gasteiger partial charge is 0.230 e. The molecule has 0 aromatic carbocycles. The van der Waals surface area contributed by atoms with Crippen LogP contribution in [-0.2, 0) is 4.79 Å². The van der Waals surface area contributed by atoms with Gasteiger partial charge in [0.05, 0.1) is 17.9 Å². The van der Waals surface area contributed by atoms with Crippen LogP contribution in [0.15, 0.2) is 0 Å². The Kier molecular flexibility index (Phi) is 4.95. The van der Waals surface area contributed by atoms with Crippen LogP contribution in [0.2, 0.25) is 0 Å². The third-order valence-corrected chi connectivity index (χ3v) is 3.52. The van der Waals surface area contributed by atoms with E-state index < -0.39 is 0 Å². The minimum atomic E-state index is -0.315. The molecule has 1 fully saturated rings. The topological polar surface area (TPSA) is 70.1 Å². The Balaban J connectivity index is 2.68. The fourth-order valence-electron chi connectivity index (χ4n) is 2.35. The van der Waals surface area contributed by atoms with Crippen LogP contribution in [0.5, 0.6) is 0 Å². The lowest BCUT2D eigenvalue weighted by Crippen LogP contribution is -2.52. The van der Waals surface area contributed by atoms with Crippen LogP contribution >= 0.6 is 0 Å². The number of carbonyl (C=O) groups excluding carboxylic acids is 1. The minimum Gasteiger partial charge on any atom is -0.341 e. The van der Waals surface area contributed by atoms with E-state index in [2.05, 4.69) is 19.9 Å². The summed E-state index contributed by atoms with van der Waals surface area (Å²) >= 11 is 0. The second kappa shape index (κ2) is 6.02. The first kappa shape index (κ1) is 14.0. The zero-order chi connectivity index (χ0) is 12.9. The maximum atomic E-state index is 12.5. The number of rotatable bonds is 6. The molecule has 1 amide bonds. The van der Waals surface area contributed by atoms with E-state index in [0.29, 0.717) is 25.4 Å². The molecule has 0 heterocycles. The Labute approximate surface area is 104 Å². The molecule has 0 saturated heterocycles. The minimum absolute atomic E-state index is 0.162. The summed E-state index contributed by atoms with van der Waals surface area (Å²) in [4.78, 5) is 14.3. The van der Waals surface area contributed by atoms with Crippen molar-refractivity contribution in [1.82, 2.24) is 4.90 Å². The molecule has 0 aromatic heterocycles. The van der Waals surface area contributed by atoms with Crippen LogP contribution in [0.4, 0.5) is 0 Å². The molecule has 4 nitrogen and oxygen atoms in total. The molecule has 4 heteroatoms. The van der Waals surface area contributed by atoms with Gasteiger partial charge in [-0.1, -0.05) is 20.3 Å². The molecular weight excluding hydrogens is 214 g/mol. The third kappa shape index (κ3) is 3.19. The quantitative estimate of drug-likeness (QED) is 0.761. The number of hydrogen-bond donors (Lipinski definition) is 1. The van der Waals surface area contributed by atoms with E-state index in [1.165, 1.54) is 0 Å². The van der Waals surface area contributed by atoms with Gasteiger partial charge in [0.2, 0.25) is 5.91 Å². The highest BCUT2D eigenvalue weighted by Crippen LogP contribution is 2.41. The Morgan fingerprint density at radius 1 is 1.53 bits per heavy atom. The summed E-state index contributed by atoms with van der Waals surface area (Å²) in [6.07, 6.45) is 3.31. The van der Waals surface area contributed by atoms with Gasteiger partial charge in [0, 0.05) is 19.6 Å². The normalized spacial score (nSPS) is 17.4. The van der Waals surface area contributed by atoms with Crippen molar-refractivity contribution in [3.05, 3.63) is 0 Å². The number of amides is 1. The zero-order valence-electron chi connectivity index (χ0n) is 10.9. The number of nitriles is 1. The van der Waals surface area contributed by atoms with Gasteiger partial charge in [-0.2, -0.15) is 5.26 Å². The van der Waals surface area contributed by atoms with E-state index in [0.717, 1.165) is 25.8 Å². The summed E-state index contributed by atoms with van der Waals surface area (Å²) in [5.41, 5.74) is 5.44. The van der Waals surface area contributed by atoms with E-state index >= 15 is 0 Å². The Bertz CT molecular complexity index is 297. The van der Waals surface area contributed by atoms with E-state index in [4.69, 9.17) is 11.0 Å². The summed E-state index contributed by atoms with van der Waals surface area (Å²) in [6, 6.07) is 2.11. The summed E-state index contributed by atoms with van der Waals surface area (Å²) in [5.74, 6) is 0.586. The second-order valence-corrected chi connectivity index (χ2v) is 5.39. The van der Waals surface area contributed by atoms with Crippen molar-refractivity contribution in [1.29, 1.82) is 5.26 Å². The molecule has 0 spiro atoms. The molecule has 0 aliphatic heterocycles. The van der Waals surface area contributed by atoms with Gasteiger partial charge in [-0.25, -0.2) is 0 Å². The summed E-state index contributed by atoms with van der Waals surface area (Å²) in [6.45, 7) is 5.87. The summed E-state index contributed by atoms with van der Waals surface area (Å²) < 4.78 is 0. The predicted octanol–water partition coefficient (Wildman–Crippen LogP) is 1.51. The van der Waals surface area contributed by atoms with Crippen molar-refractivity contribution in [3.63, 3.8) is 0 Å². The molecule has 0 atom stereocenters. The Hall–Kier alpha value is -1.08. The SMILES string of the molecule is CC(C)CN(CCC#N)C(=O)C1(CN)CCC1. The summed E-state index contributed by atoms with van der Waals surface area (Å²) in [7, 11) is 0. The molecule has 96 valence electrons. The van der Waals surface area contributed by atoms with Gasteiger partial charge < -0.3 is 10.6 Å². The van der Waals surface area contributed by atoms with Crippen molar-refractivity contribution < 1.29 is 4.79 Å². The Morgan fingerprint density at radius 2 is 2.18 bits per heavy atom. The third-order valence-electron chi connectivity index (χ3n) is 3.52. The summed E-state index contributed by atoms with van der Waals surface area (Å²) in [5, 5.41) is 8.65. The molecule has 0 unspecified atom stereocenters. The first-order valence-electron chi connectivity index (χ1n) is 6.42. The fourth-order valence-corrected chi connectivity index (χ4v) is 2.35. The molecule has 1 aliphatic carbocycles. The van der Waals surface area contributed by atoms with Crippen LogP contribution in [-0.4, -0.2) is 30.4 Å². The van der Waals surface area contributed by atoms with Gasteiger partial charge in [-0.3, -0.25) is 4.79 Å². The maximum Gasteiger partial charge on any atom is 0.230 e. The van der Waals surface area contributed by atoms with Gasteiger partial charge in [-0.15, -0.1) is 0 Å². The molecule has 0 aromatic rings. The molecular formula is C13H23N3O. The highest BCUT2D eigenvalue weighted by molar-refractivity contribution is 5.84. The van der Waals surface area contributed by atoms with Gasteiger partial charge >= 0.3 is 0 Å². The zero-order valence-corrected chi connectivity index (χ0v) is 10.9. The maximum absolute atomic E-state index is 12.5. The van der Waals surface area contributed by atoms with Crippen molar-refractivity contribution in [2.24, 2.45) is 17.1 Å². The number of nitrogens with zero attached hydrogens (tertiary/aromatic N) is 2. The van der Waals surface area contributed by atoms with Crippen LogP contribution in [0.25, 0.3) is 0 Å². The van der Waals surface area contributed by atoms with Gasteiger partial charge in [-0.05, 0) is 18.8 Å². The number of hydrogen-bond acceptors (Lipinski definition) is 3. The first-order valence-corrected chi connectivity index (χ1v) is 6.42. The van der Waals surface area contributed by atoms with Crippen molar-refractivity contribution >= 4 is 5.91 Å². The van der Waals surface area contributed by atoms with Crippen molar-refractivity contribution in [3.8, 4) is 6.07 Å². The molecule has 1 rings (SSSR count). The molecule has 1 aliphatic rings. The number of nitrogens with two attached hydrogens (primary N) is 1. The fraction of sp³-hybridized carbons (Fsp3) is 0.846. The number of carbonyl (C=O) groups is 1. The van der Waals surface area contributed by atoms with Gasteiger partial charge in [0.1, 0.15) is 0 Å². The molecule has 17 heavy (non-hydrogen) atoms. The van der Waals surface area contributed by atoms with Crippen molar-refractivity contribution in [2.45, 2.75) is 39.5 Å². The Morgan fingerprint density at radius 3 is 2.53 bits per heavy atom. The monoisotopic (exact) mass is 237 g/mol. The van der Waals surface area contributed by atoms with E-state index in [1.807, 2.05) is 4.90 Å². The lowest BCUT2D eigenvalue weighted by molar-refractivity contribution is -0.147. The van der Waals surface area contributed by atoms with E-state index in [-0.39, 0.29) is 11.3 Å². The van der Waals surface area contributed by atoms with Crippen LogP contribution in [0.3, 0.4) is 0 Å². The predicted molar refractivity (Wildman–Crippen MR) is 67.0 cm³/mol. The highest BCUT2D eigenvalue weighted by atomic mass is 16.2. The molecule has 0 bridgehead atoms. The van der Waals surface area contributed by atoms with Crippen LogP contribution in [0.1, 0.15) is 39.5 Å². The van der Waals surface area contributed by atoms with Crippen LogP contribution < -0.4 is 5.73 Å². The first-order chi connectivity index (χ1) is 8.05. The highest BCUT2D eigenvalue weighted by Gasteiger charge is 2.44.